The lowest BCUT2D eigenvalue weighted by atomic mass is 10.3. The second-order valence-corrected chi connectivity index (χ2v) is 8.68. The van der Waals surface area contributed by atoms with Gasteiger partial charge in [0.1, 0.15) is 10.7 Å². The number of aromatic nitrogens is 1. The second-order valence-electron chi connectivity index (χ2n) is 5.87. The van der Waals surface area contributed by atoms with Crippen molar-refractivity contribution in [1.82, 2.24) is 14.2 Å². The van der Waals surface area contributed by atoms with E-state index in [0.717, 1.165) is 13.1 Å². The highest BCUT2D eigenvalue weighted by atomic mass is 35.5. The van der Waals surface area contributed by atoms with E-state index in [4.69, 9.17) is 23.2 Å². The first-order chi connectivity index (χ1) is 11.8. The maximum atomic E-state index is 12.7. The Hall–Kier alpha value is -1.38. The molecule has 1 aromatic carbocycles. The Morgan fingerprint density at radius 3 is 2.24 bits per heavy atom. The van der Waals surface area contributed by atoms with Crippen LogP contribution < -0.4 is 5.32 Å². The molecule has 6 nitrogen and oxygen atoms in total. The SMILES string of the molecule is CN1CCN(S(=O)(=O)c2ccc(Nc3cc(Cl)cc(Cl)c3)nc2)CC1. The van der Waals surface area contributed by atoms with Gasteiger partial charge in [0.25, 0.3) is 0 Å². The van der Waals surface area contributed by atoms with Gasteiger partial charge < -0.3 is 10.2 Å². The van der Waals surface area contributed by atoms with Crippen LogP contribution in [0.3, 0.4) is 0 Å². The molecule has 0 radical (unpaired) electrons. The molecule has 0 amide bonds. The van der Waals surface area contributed by atoms with Crippen molar-refractivity contribution in [2.24, 2.45) is 0 Å². The molecule has 134 valence electrons. The maximum Gasteiger partial charge on any atom is 0.244 e. The predicted molar refractivity (Wildman–Crippen MR) is 100 cm³/mol. The van der Waals surface area contributed by atoms with Crippen molar-refractivity contribution < 1.29 is 8.42 Å². The van der Waals surface area contributed by atoms with E-state index in [-0.39, 0.29) is 4.90 Å². The van der Waals surface area contributed by atoms with E-state index < -0.39 is 10.0 Å². The van der Waals surface area contributed by atoms with Crippen molar-refractivity contribution in [3.63, 3.8) is 0 Å². The molecule has 0 aliphatic carbocycles. The number of piperazine rings is 1. The molecule has 2 heterocycles. The van der Waals surface area contributed by atoms with Crippen LogP contribution in [0.4, 0.5) is 11.5 Å². The van der Waals surface area contributed by atoms with Crippen LogP contribution in [0, 0.1) is 0 Å². The Kier molecular flexibility index (Phi) is 5.50. The first-order valence-corrected chi connectivity index (χ1v) is 9.92. The Bertz CT molecular complexity index is 831. The molecule has 1 fully saturated rings. The fourth-order valence-electron chi connectivity index (χ4n) is 2.56. The van der Waals surface area contributed by atoms with Crippen LogP contribution in [0.5, 0.6) is 0 Å². The fraction of sp³-hybridized carbons (Fsp3) is 0.312. The van der Waals surface area contributed by atoms with Crippen LogP contribution in [0.2, 0.25) is 10.0 Å². The number of hydrogen-bond acceptors (Lipinski definition) is 5. The summed E-state index contributed by atoms with van der Waals surface area (Å²) in [5, 5.41) is 4.06. The third-order valence-electron chi connectivity index (χ3n) is 3.97. The van der Waals surface area contributed by atoms with Crippen LogP contribution in [0.15, 0.2) is 41.4 Å². The Labute approximate surface area is 157 Å². The Morgan fingerprint density at radius 1 is 1.04 bits per heavy atom. The van der Waals surface area contributed by atoms with Gasteiger partial charge in [-0.1, -0.05) is 23.2 Å². The van der Waals surface area contributed by atoms with Gasteiger partial charge in [-0.15, -0.1) is 0 Å². The summed E-state index contributed by atoms with van der Waals surface area (Å²) in [5.41, 5.74) is 0.680. The molecule has 1 aromatic heterocycles. The molecule has 25 heavy (non-hydrogen) atoms. The standard InChI is InChI=1S/C16H18Cl2N4O2S/c1-21-4-6-22(7-5-21)25(23,24)15-2-3-16(19-11-15)20-14-9-12(17)8-13(18)10-14/h2-3,8-11H,4-7H2,1H3,(H,19,20). The molecule has 1 aliphatic rings. The molecule has 1 saturated heterocycles. The minimum absolute atomic E-state index is 0.187. The van der Waals surface area contributed by atoms with Gasteiger partial charge >= 0.3 is 0 Å². The van der Waals surface area contributed by atoms with E-state index in [1.54, 1.807) is 30.3 Å². The number of anilines is 2. The number of likely N-dealkylation sites (N-methyl/N-ethyl adjacent to an activating group) is 1. The van der Waals surface area contributed by atoms with Gasteiger partial charge in [0.05, 0.1) is 0 Å². The monoisotopic (exact) mass is 400 g/mol. The highest BCUT2D eigenvalue weighted by Crippen LogP contribution is 2.25. The zero-order valence-electron chi connectivity index (χ0n) is 13.6. The van der Waals surface area contributed by atoms with Crippen molar-refractivity contribution in [1.29, 1.82) is 0 Å². The van der Waals surface area contributed by atoms with Crippen molar-refractivity contribution in [3.8, 4) is 0 Å². The third-order valence-corrected chi connectivity index (χ3v) is 6.29. The molecule has 3 rings (SSSR count). The highest BCUT2D eigenvalue weighted by Gasteiger charge is 2.27. The summed E-state index contributed by atoms with van der Waals surface area (Å²) >= 11 is 11.9. The smallest absolute Gasteiger partial charge is 0.244 e. The first kappa shape index (κ1) is 18.4. The lowest BCUT2D eigenvalue weighted by molar-refractivity contribution is 0.222. The Balaban J connectivity index is 1.75. The van der Waals surface area contributed by atoms with Gasteiger partial charge in [-0.3, -0.25) is 0 Å². The summed E-state index contributed by atoms with van der Waals surface area (Å²) in [7, 11) is -1.53. The molecule has 1 N–H and O–H groups in total. The normalized spacial score (nSPS) is 16.8. The molecule has 0 bridgehead atoms. The molecule has 0 saturated carbocycles. The minimum Gasteiger partial charge on any atom is -0.340 e. The minimum atomic E-state index is -3.51. The summed E-state index contributed by atoms with van der Waals surface area (Å²) in [5.74, 6) is 0.510. The number of nitrogens with one attached hydrogen (secondary N) is 1. The zero-order valence-corrected chi connectivity index (χ0v) is 15.9. The zero-order chi connectivity index (χ0) is 18.0. The quantitative estimate of drug-likeness (QED) is 0.853. The first-order valence-electron chi connectivity index (χ1n) is 7.72. The molecule has 0 spiro atoms. The van der Waals surface area contributed by atoms with Crippen LogP contribution in [-0.4, -0.2) is 55.8 Å². The van der Waals surface area contributed by atoms with E-state index in [2.05, 4.69) is 15.2 Å². The largest absolute Gasteiger partial charge is 0.340 e. The number of rotatable bonds is 4. The van der Waals surface area contributed by atoms with Crippen molar-refractivity contribution >= 4 is 44.7 Å². The number of nitrogens with zero attached hydrogens (tertiary/aromatic N) is 3. The predicted octanol–water partition coefficient (Wildman–Crippen LogP) is 3.07. The van der Waals surface area contributed by atoms with Crippen LogP contribution in [0.25, 0.3) is 0 Å². The summed E-state index contributed by atoms with van der Waals surface area (Å²) in [6.45, 7) is 2.42. The lowest BCUT2D eigenvalue weighted by Gasteiger charge is -2.31. The number of pyridine rings is 1. The number of benzene rings is 1. The topological polar surface area (TPSA) is 65.5 Å². The number of halogens is 2. The van der Waals surface area contributed by atoms with Gasteiger partial charge in [0.15, 0.2) is 0 Å². The molecular weight excluding hydrogens is 383 g/mol. The van der Waals surface area contributed by atoms with Crippen molar-refractivity contribution in [2.45, 2.75) is 4.90 Å². The molecule has 9 heteroatoms. The molecule has 0 unspecified atom stereocenters. The molecular formula is C16H18Cl2N4O2S. The van der Waals surface area contributed by atoms with Crippen LogP contribution >= 0.6 is 23.2 Å². The van der Waals surface area contributed by atoms with Crippen molar-refractivity contribution in [2.75, 3.05) is 38.5 Å². The average molecular weight is 401 g/mol. The molecule has 2 aromatic rings. The fourth-order valence-corrected chi connectivity index (χ4v) is 4.45. The van der Waals surface area contributed by atoms with Gasteiger partial charge in [-0.05, 0) is 37.4 Å². The van der Waals surface area contributed by atoms with Crippen LogP contribution in [0.1, 0.15) is 0 Å². The molecule has 0 atom stereocenters. The maximum absolute atomic E-state index is 12.7. The third kappa shape index (κ3) is 4.43. The van der Waals surface area contributed by atoms with Gasteiger partial charge in [-0.2, -0.15) is 4.31 Å². The van der Waals surface area contributed by atoms with E-state index in [0.29, 0.717) is 34.6 Å². The van der Waals surface area contributed by atoms with Gasteiger partial charge in [-0.25, -0.2) is 13.4 Å². The van der Waals surface area contributed by atoms with E-state index in [1.807, 2.05) is 7.05 Å². The van der Waals surface area contributed by atoms with E-state index in [9.17, 15) is 8.42 Å². The van der Waals surface area contributed by atoms with Crippen LogP contribution in [-0.2, 0) is 10.0 Å². The summed E-state index contributed by atoms with van der Waals surface area (Å²) in [4.78, 5) is 6.49. The summed E-state index contributed by atoms with van der Waals surface area (Å²) < 4.78 is 26.8. The number of sulfonamides is 1. The van der Waals surface area contributed by atoms with Gasteiger partial charge in [0.2, 0.25) is 10.0 Å². The second kappa shape index (κ2) is 7.47. The van der Waals surface area contributed by atoms with Gasteiger partial charge in [0, 0.05) is 48.1 Å². The lowest BCUT2D eigenvalue weighted by Crippen LogP contribution is -2.47. The number of hydrogen-bond donors (Lipinski definition) is 1. The van der Waals surface area contributed by atoms with E-state index >= 15 is 0 Å². The summed E-state index contributed by atoms with van der Waals surface area (Å²) in [6.07, 6.45) is 1.36. The Morgan fingerprint density at radius 2 is 1.68 bits per heavy atom. The molecule has 1 aliphatic heterocycles. The summed E-state index contributed by atoms with van der Waals surface area (Å²) in [6, 6.07) is 8.23. The average Bonchev–Trinajstić information content (AvgIpc) is 2.55. The van der Waals surface area contributed by atoms with Crippen molar-refractivity contribution in [3.05, 3.63) is 46.6 Å². The van der Waals surface area contributed by atoms with E-state index in [1.165, 1.54) is 10.5 Å². The highest BCUT2D eigenvalue weighted by molar-refractivity contribution is 7.89.